The first-order chi connectivity index (χ1) is 24.5. The Kier molecular flexibility index (Phi) is 5.96. The minimum atomic E-state index is -0.586. The Hall–Kier alpha value is -6.26. The van der Waals surface area contributed by atoms with E-state index in [1.807, 2.05) is 12.1 Å². The summed E-state index contributed by atoms with van der Waals surface area (Å²) in [5.41, 5.74) is 14.1. The molecule has 7 aromatic rings. The normalized spacial score (nSPS) is 15.7. The molecule has 1 aliphatic carbocycles. The number of para-hydroxylation sites is 5. The van der Waals surface area contributed by atoms with Gasteiger partial charge in [0, 0.05) is 40.3 Å². The van der Waals surface area contributed by atoms with E-state index >= 15 is 0 Å². The molecule has 0 atom stereocenters. The molecule has 4 heteroatoms. The molecule has 50 heavy (non-hydrogen) atoms. The van der Waals surface area contributed by atoms with Crippen LogP contribution in [0.4, 0.5) is 34.1 Å². The lowest BCUT2D eigenvalue weighted by Gasteiger charge is -2.51. The largest absolute Gasteiger partial charge is 0.310 e. The fraction of sp³-hybridized carbons (Fsp3) is 0.0870. The molecule has 0 fully saturated rings. The van der Waals surface area contributed by atoms with E-state index in [0.717, 1.165) is 50.8 Å². The van der Waals surface area contributed by atoms with Gasteiger partial charge < -0.3 is 9.80 Å². The quantitative estimate of drug-likeness (QED) is 0.188. The minimum Gasteiger partial charge on any atom is -0.310 e. The summed E-state index contributed by atoms with van der Waals surface area (Å²) in [6.45, 7) is 4.42. The van der Waals surface area contributed by atoms with Crippen LogP contribution in [0.25, 0.3) is 0 Å². The zero-order valence-electron chi connectivity index (χ0n) is 27.8. The average Bonchev–Trinajstić information content (AvgIpc) is 3.17. The molecule has 3 heterocycles. The maximum absolute atomic E-state index is 13.8. The van der Waals surface area contributed by atoms with Crippen LogP contribution < -0.4 is 9.80 Å². The van der Waals surface area contributed by atoms with Crippen LogP contribution in [0.3, 0.4) is 0 Å². The lowest BCUT2D eigenvalue weighted by molar-refractivity contribution is 0.103. The van der Waals surface area contributed by atoms with Crippen molar-refractivity contribution in [1.82, 2.24) is 4.98 Å². The first-order valence-corrected chi connectivity index (χ1v) is 17.2. The van der Waals surface area contributed by atoms with Gasteiger partial charge in [0.05, 0.1) is 28.2 Å². The molecule has 2 aliphatic heterocycles. The zero-order valence-corrected chi connectivity index (χ0v) is 27.8. The van der Waals surface area contributed by atoms with Gasteiger partial charge >= 0.3 is 0 Å². The summed E-state index contributed by atoms with van der Waals surface area (Å²) in [7, 11) is 0. The van der Waals surface area contributed by atoms with Crippen molar-refractivity contribution in [2.24, 2.45) is 0 Å². The molecule has 0 saturated heterocycles. The van der Waals surface area contributed by atoms with E-state index in [-0.39, 0.29) is 11.2 Å². The Morgan fingerprint density at radius 2 is 0.940 bits per heavy atom. The molecule has 238 valence electrons. The Morgan fingerprint density at radius 3 is 1.48 bits per heavy atom. The number of rotatable bonds is 2. The number of nitrogens with zero attached hydrogens (tertiary/aromatic N) is 3. The molecular formula is C46H33N3O. The van der Waals surface area contributed by atoms with Crippen LogP contribution in [0.5, 0.6) is 0 Å². The maximum atomic E-state index is 13.8. The van der Waals surface area contributed by atoms with Gasteiger partial charge in [-0.3, -0.25) is 9.78 Å². The molecule has 0 bridgehead atoms. The van der Waals surface area contributed by atoms with Crippen molar-refractivity contribution < 1.29 is 4.79 Å². The summed E-state index contributed by atoms with van der Waals surface area (Å²) in [4.78, 5) is 22.9. The fourth-order valence-corrected chi connectivity index (χ4v) is 9.00. The summed E-state index contributed by atoms with van der Waals surface area (Å²) >= 11 is 0. The third-order valence-corrected chi connectivity index (χ3v) is 11.1. The van der Waals surface area contributed by atoms with Gasteiger partial charge in [0.2, 0.25) is 0 Å². The predicted molar refractivity (Wildman–Crippen MR) is 201 cm³/mol. The van der Waals surface area contributed by atoms with Crippen LogP contribution in [-0.4, -0.2) is 10.8 Å². The van der Waals surface area contributed by atoms with Gasteiger partial charge in [-0.15, -0.1) is 0 Å². The van der Waals surface area contributed by atoms with Crippen molar-refractivity contribution >= 4 is 39.9 Å². The highest BCUT2D eigenvalue weighted by atomic mass is 16.1. The van der Waals surface area contributed by atoms with Crippen LogP contribution in [0, 0.1) is 0 Å². The number of pyridine rings is 1. The van der Waals surface area contributed by atoms with E-state index in [2.05, 4.69) is 168 Å². The summed E-state index contributed by atoms with van der Waals surface area (Å²) in [6.07, 6.45) is 3.50. The number of aromatic nitrogens is 1. The highest BCUT2D eigenvalue weighted by Crippen LogP contribution is 2.64. The van der Waals surface area contributed by atoms with E-state index in [9.17, 15) is 4.79 Å². The van der Waals surface area contributed by atoms with E-state index < -0.39 is 5.41 Å². The molecule has 0 amide bonds. The van der Waals surface area contributed by atoms with Crippen molar-refractivity contribution in [2.45, 2.75) is 24.7 Å². The molecule has 0 saturated carbocycles. The van der Waals surface area contributed by atoms with Crippen molar-refractivity contribution in [1.29, 1.82) is 0 Å². The highest BCUT2D eigenvalue weighted by Gasteiger charge is 2.51. The third kappa shape index (κ3) is 3.65. The molecule has 3 aliphatic rings. The second-order valence-electron chi connectivity index (χ2n) is 13.9. The standard InChI is InChI=1S/C46H33N3O/c1-45(2)34-26-27-47-29-33(34)44(50)32-25-24-31(28-39(32)45)49-42-22-12-8-18-37(42)46(38-19-9-13-23-43(38)49)35-16-6-10-20-40(35)48(30-14-4-3-5-15-30)41-21-11-7-17-36(41)46/h3-29H,1-2H3. The first-order valence-electron chi connectivity index (χ1n) is 17.2. The average molecular weight is 644 g/mol. The SMILES string of the molecule is CC1(C)c2ccncc2C(=O)c2ccc(N3c4ccccc4C4(c5ccccc5N(c5ccccc5)c5ccccc54)c4ccccc43)cc21. The lowest BCUT2D eigenvalue weighted by Crippen LogP contribution is -2.42. The molecule has 1 spiro atoms. The number of ketones is 1. The van der Waals surface area contributed by atoms with Crippen molar-refractivity contribution in [2.75, 3.05) is 9.80 Å². The van der Waals surface area contributed by atoms with Gasteiger partial charge in [0.15, 0.2) is 5.78 Å². The number of fused-ring (bicyclic) bond motifs is 10. The summed E-state index contributed by atoms with van der Waals surface area (Å²) in [5.74, 6) is 0.0331. The number of hydrogen-bond acceptors (Lipinski definition) is 4. The molecule has 4 nitrogen and oxygen atoms in total. The summed E-state index contributed by atoms with van der Waals surface area (Å²) < 4.78 is 0. The van der Waals surface area contributed by atoms with Crippen molar-refractivity contribution in [3.05, 3.63) is 209 Å². The zero-order chi connectivity index (χ0) is 33.6. The van der Waals surface area contributed by atoms with Crippen LogP contribution in [0.1, 0.15) is 63.1 Å². The number of carbonyl (C=O) groups is 1. The minimum absolute atomic E-state index is 0.0331. The molecule has 0 radical (unpaired) electrons. The molecule has 0 unspecified atom stereocenters. The molecule has 6 aromatic carbocycles. The van der Waals surface area contributed by atoms with Gasteiger partial charge in [-0.25, -0.2) is 0 Å². The molecule has 0 N–H and O–H groups in total. The first kappa shape index (κ1) is 28.7. The smallest absolute Gasteiger partial charge is 0.195 e. The maximum Gasteiger partial charge on any atom is 0.195 e. The lowest BCUT2D eigenvalue weighted by atomic mass is 9.60. The number of hydrogen-bond donors (Lipinski definition) is 0. The van der Waals surface area contributed by atoms with Gasteiger partial charge in [-0.2, -0.15) is 0 Å². The van der Waals surface area contributed by atoms with E-state index in [1.165, 1.54) is 22.3 Å². The van der Waals surface area contributed by atoms with Crippen molar-refractivity contribution in [3.8, 4) is 0 Å². The van der Waals surface area contributed by atoms with Gasteiger partial charge in [0.25, 0.3) is 0 Å². The monoisotopic (exact) mass is 643 g/mol. The molecule has 1 aromatic heterocycles. The van der Waals surface area contributed by atoms with E-state index in [0.29, 0.717) is 5.56 Å². The Bertz CT molecular complexity index is 2420. The highest BCUT2D eigenvalue weighted by molar-refractivity contribution is 6.13. The van der Waals surface area contributed by atoms with Crippen LogP contribution in [0.2, 0.25) is 0 Å². The summed E-state index contributed by atoms with van der Waals surface area (Å²) in [6, 6.07) is 54.5. The van der Waals surface area contributed by atoms with E-state index in [1.54, 1.807) is 12.4 Å². The van der Waals surface area contributed by atoms with Crippen LogP contribution in [-0.2, 0) is 10.8 Å². The topological polar surface area (TPSA) is 36.4 Å². The van der Waals surface area contributed by atoms with Crippen molar-refractivity contribution in [3.63, 3.8) is 0 Å². The number of anilines is 6. The summed E-state index contributed by atoms with van der Waals surface area (Å²) in [5, 5.41) is 0. The van der Waals surface area contributed by atoms with Gasteiger partial charge in [-0.05, 0) is 94.0 Å². The Labute approximate surface area is 291 Å². The molecular weight excluding hydrogens is 611 g/mol. The second kappa shape index (κ2) is 10.4. The van der Waals surface area contributed by atoms with Gasteiger partial charge in [-0.1, -0.05) is 105 Å². The van der Waals surface area contributed by atoms with Gasteiger partial charge in [0.1, 0.15) is 0 Å². The van der Waals surface area contributed by atoms with E-state index in [4.69, 9.17) is 0 Å². The van der Waals surface area contributed by atoms with Crippen LogP contribution >= 0.6 is 0 Å². The fourth-order valence-electron chi connectivity index (χ4n) is 9.00. The second-order valence-corrected chi connectivity index (χ2v) is 13.9. The number of benzene rings is 6. The number of carbonyl (C=O) groups excluding carboxylic acids is 1. The predicted octanol–water partition coefficient (Wildman–Crippen LogP) is 10.9. The van der Waals surface area contributed by atoms with Crippen LogP contribution in [0.15, 0.2) is 164 Å². The third-order valence-electron chi connectivity index (χ3n) is 11.1. The Morgan fingerprint density at radius 1 is 0.460 bits per heavy atom. The Balaban J connectivity index is 1.26. The molecule has 10 rings (SSSR count).